The van der Waals surface area contributed by atoms with E-state index in [1.807, 2.05) is 13.0 Å². The maximum absolute atomic E-state index is 12.7. The van der Waals surface area contributed by atoms with Gasteiger partial charge in [0.1, 0.15) is 12.2 Å². The molecule has 7 heteroatoms. The first kappa shape index (κ1) is 19.9. The van der Waals surface area contributed by atoms with Gasteiger partial charge in [0.2, 0.25) is 0 Å². The van der Waals surface area contributed by atoms with Crippen LogP contribution in [-0.4, -0.2) is 13.1 Å². The molecule has 0 unspecified atom stereocenters. The molecule has 0 saturated heterocycles. The molecule has 0 aliphatic carbocycles. The second-order valence-corrected chi connectivity index (χ2v) is 7.28. The van der Waals surface area contributed by atoms with Gasteiger partial charge >= 0.3 is 12.1 Å². The zero-order chi connectivity index (χ0) is 20.5. The minimum absolute atomic E-state index is 0.0154. The van der Waals surface area contributed by atoms with Gasteiger partial charge in [-0.05, 0) is 47.7 Å². The fourth-order valence-electron chi connectivity index (χ4n) is 2.65. The molecule has 0 saturated carbocycles. The molecular formula is C21H17F3O3S. The van der Waals surface area contributed by atoms with E-state index < -0.39 is 17.7 Å². The van der Waals surface area contributed by atoms with E-state index in [0.717, 1.165) is 32.7 Å². The standard InChI is InChI=1S/C21H17F3O3S/c1-12(2)17-10-14-6-9-16(20(25)26-3)18(19(14)28-17)27-11-13-4-7-15(8-5-13)21(22,23)24/h4-10H,1,11H2,2-3H3. The summed E-state index contributed by atoms with van der Waals surface area (Å²) in [5.41, 5.74) is 0.974. The van der Waals surface area contributed by atoms with E-state index >= 15 is 0 Å². The third-order valence-corrected chi connectivity index (χ3v) is 5.44. The van der Waals surface area contributed by atoms with Gasteiger partial charge in [0.15, 0.2) is 5.75 Å². The van der Waals surface area contributed by atoms with Gasteiger partial charge in [-0.2, -0.15) is 13.2 Å². The highest BCUT2D eigenvalue weighted by molar-refractivity contribution is 7.20. The number of thiophene rings is 1. The molecule has 0 N–H and O–H groups in total. The summed E-state index contributed by atoms with van der Waals surface area (Å²) in [5, 5.41) is 0.887. The predicted molar refractivity (Wildman–Crippen MR) is 104 cm³/mol. The van der Waals surface area contributed by atoms with Gasteiger partial charge in [-0.1, -0.05) is 24.8 Å². The van der Waals surface area contributed by atoms with Gasteiger partial charge < -0.3 is 9.47 Å². The molecule has 0 radical (unpaired) electrons. The molecule has 2 aromatic carbocycles. The molecule has 146 valence electrons. The lowest BCUT2D eigenvalue weighted by molar-refractivity contribution is -0.137. The van der Waals surface area contributed by atoms with Crippen LogP contribution in [0.4, 0.5) is 13.2 Å². The van der Waals surface area contributed by atoms with Gasteiger partial charge in [-0.15, -0.1) is 11.3 Å². The largest absolute Gasteiger partial charge is 0.486 e. The Morgan fingerprint density at radius 1 is 1.14 bits per heavy atom. The number of hydrogen-bond donors (Lipinski definition) is 0. The van der Waals surface area contributed by atoms with Gasteiger partial charge in [-0.3, -0.25) is 0 Å². The van der Waals surface area contributed by atoms with Crippen LogP contribution in [0.2, 0.25) is 0 Å². The van der Waals surface area contributed by atoms with Gasteiger partial charge in [-0.25, -0.2) is 4.79 Å². The second kappa shape index (κ2) is 7.67. The number of ether oxygens (including phenoxy) is 2. The Labute approximate surface area is 164 Å². The number of fused-ring (bicyclic) bond motifs is 1. The van der Waals surface area contributed by atoms with Crippen LogP contribution in [0, 0.1) is 0 Å². The molecule has 1 heterocycles. The molecular weight excluding hydrogens is 389 g/mol. The number of hydrogen-bond acceptors (Lipinski definition) is 4. The number of alkyl halides is 3. The number of halogens is 3. The molecule has 0 aliphatic rings. The summed E-state index contributed by atoms with van der Waals surface area (Å²) >= 11 is 1.43. The lowest BCUT2D eigenvalue weighted by atomic mass is 10.1. The molecule has 0 atom stereocenters. The van der Waals surface area contributed by atoms with Gasteiger partial charge in [0, 0.05) is 4.88 Å². The maximum atomic E-state index is 12.7. The first-order valence-corrected chi connectivity index (χ1v) is 9.12. The molecule has 3 aromatic rings. The zero-order valence-corrected chi connectivity index (χ0v) is 16.0. The fourth-order valence-corrected chi connectivity index (χ4v) is 3.73. The second-order valence-electron chi connectivity index (χ2n) is 6.23. The minimum Gasteiger partial charge on any atom is -0.486 e. The fraction of sp³-hybridized carbons (Fsp3) is 0.190. The summed E-state index contributed by atoms with van der Waals surface area (Å²) < 4.78 is 49.6. The van der Waals surface area contributed by atoms with Crippen molar-refractivity contribution in [2.45, 2.75) is 19.7 Å². The molecule has 0 spiro atoms. The number of carbonyl (C=O) groups is 1. The molecule has 0 fully saturated rings. The van der Waals surface area contributed by atoms with Crippen LogP contribution in [0.1, 0.15) is 33.3 Å². The summed E-state index contributed by atoms with van der Waals surface area (Å²) in [6.07, 6.45) is -4.39. The van der Waals surface area contributed by atoms with E-state index in [-0.39, 0.29) is 12.2 Å². The minimum atomic E-state index is -4.39. The highest BCUT2D eigenvalue weighted by Crippen LogP contribution is 2.39. The van der Waals surface area contributed by atoms with Crippen molar-refractivity contribution in [3.05, 3.63) is 70.6 Å². The van der Waals surface area contributed by atoms with E-state index in [0.29, 0.717) is 11.3 Å². The summed E-state index contributed by atoms with van der Waals surface area (Å²) in [7, 11) is 1.28. The van der Waals surface area contributed by atoms with Crippen molar-refractivity contribution in [2.75, 3.05) is 7.11 Å². The van der Waals surface area contributed by atoms with Crippen molar-refractivity contribution in [3.63, 3.8) is 0 Å². The first-order chi connectivity index (χ1) is 13.2. The molecule has 3 nitrogen and oxygen atoms in total. The Bertz CT molecular complexity index is 1030. The summed E-state index contributed by atoms with van der Waals surface area (Å²) in [4.78, 5) is 13.1. The highest BCUT2D eigenvalue weighted by atomic mass is 32.1. The quantitative estimate of drug-likeness (QED) is 0.465. The van der Waals surface area contributed by atoms with E-state index in [9.17, 15) is 18.0 Å². The van der Waals surface area contributed by atoms with Crippen molar-refractivity contribution in [3.8, 4) is 5.75 Å². The van der Waals surface area contributed by atoms with Crippen LogP contribution in [-0.2, 0) is 17.5 Å². The average Bonchev–Trinajstić information content (AvgIpc) is 3.10. The smallest absolute Gasteiger partial charge is 0.416 e. The highest BCUT2D eigenvalue weighted by Gasteiger charge is 2.30. The lowest BCUT2D eigenvalue weighted by Crippen LogP contribution is -2.07. The average molecular weight is 406 g/mol. The normalized spacial score (nSPS) is 11.5. The molecule has 0 aliphatic heterocycles. The van der Waals surface area contributed by atoms with Crippen molar-refractivity contribution in [1.82, 2.24) is 0 Å². The van der Waals surface area contributed by atoms with Gasteiger partial charge in [0.25, 0.3) is 0 Å². The van der Waals surface area contributed by atoms with Crippen molar-refractivity contribution < 1.29 is 27.4 Å². The van der Waals surface area contributed by atoms with Crippen LogP contribution < -0.4 is 4.74 Å². The van der Waals surface area contributed by atoms with Crippen LogP contribution in [0.15, 0.2) is 49.0 Å². The third kappa shape index (κ3) is 4.04. The van der Waals surface area contributed by atoms with Crippen molar-refractivity contribution in [1.29, 1.82) is 0 Å². The molecule has 0 bridgehead atoms. The van der Waals surface area contributed by atoms with Crippen molar-refractivity contribution in [2.24, 2.45) is 0 Å². The van der Waals surface area contributed by atoms with E-state index in [2.05, 4.69) is 6.58 Å². The molecule has 3 rings (SSSR count). The van der Waals surface area contributed by atoms with E-state index in [1.165, 1.54) is 30.6 Å². The SMILES string of the molecule is C=C(C)c1cc2ccc(C(=O)OC)c(OCc3ccc(C(F)(F)F)cc3)c2s1. The molecule has 0 amide bonds. The summed E-state index contributed by atoms with van der Waals surface area (Å²) in [6, 6.07) is 10.1. The summed E-state index contributed by atoms with van der Waals surface area (Å²) in [5.74, 6) is -0.198. The third-order valence-electron chi connectivity index (χ3n) is 4.13. The lowest BCUT2D eigenvalue weighted by Gasteiger charge is -2.12. The number of allylic oxidation sites excluding steroid dienone is 1. The van der Waals surface area contributed by atoms with Crippen LogP contribution in [0.3, 0.4) is 0 Å². The Morgan fingerprint density at radius 2 is 1.82 bits per heavy atom. The molecule has 1 aromatic heterocycles. The van der Waals surface area contributed by atoms with Crippen LogP contribution in [0.25, 0.3) is 15.7 Å². The van der Waals surface area contributed by atoms with Crippen LogP contribution >= 0.6 is 11.3 Å². The van der Waals surface area contributed by atoms with Gasteiger partial charge in [0.05, 0.1) is 17.4 Å². The number of carbonyl (C=O) groups excluding carboxylic acids is 1. The topological polar surface area (TPSA) is 35.5 Å². The Kier molecular flexibility index (Phi) is 5.47. The number of esters is 1. The van der Waals surface area contributed by atoms with Crippen molar-refractivity contribution >= 4 is 33.0 Å². The van der Waals surface area contributed by atoms with Crippen LogP contribution in [0.5, 0.6) is 5.75 Å². The number of benzene rings is 2. The summed E-state index contributed by atoms with van der Waals surface area (Å²) in [6.45, 7) is 5.83. The predicted octanol–water partition coefficient (Wildman–Crippen LogP) is 6.32. The Balaban J connectivity index is 1.96. The molecule has 28 heavy (non-hydrogen) atoms. The number of methoxy groups -OCH3 is 1. The number of rotatable bonds is 5. The van der Waals surface area contributed by atoms with E-state index in [4.69, 9.17) is 9.47 Å². The zero-order valence-electron chi connectivity index (χ0n) is 15.2. The maximum Gasteiger partial charge on any atom is 0.416 e. The Morgan fingerprint density at radius 3 is 2.39 bits per heavy atom. The first-order valence-electron chi connectivity index (χ1n) is 8.30. The monoisotopic (exact) mass is 406 g/mol. The van der Waals surface area contributed by atoms with E-state index in [1.54, 1.807) is 12.1 Å². The Hall–Kier alpha value is -2.80.